The van der Waals surface area contributed by atoms with Gasteiger partial charge in [-0.3, -0.25) is 0 Å². The topological polar surface area (TPSA) is 66.8 Å². The first-order valence-corrected chi connectivity index (χ1v) is 7.54. The summed E-state index contributed by atoms with van der Waals surface area (Å²) in [5, 5.41) is 20.0. The molecule has 0 amide bonds. The van der Waals surface area contributed by atoms with Crippen LogP contribution in [0.25, 0.3) is 0 Å². The standard InChI is InChI=1S/C20H14O4/c21-14-11-9-13(10-12-14)20(17-7-3-4-8-18(17)22)16-6-2-1-5-15(16)19(23)24-20/h1-12,21-22H/t20-/m1/s1. The van der Waals surface area contributed by atoms with Gasteiger partial charge in [-0.1, -0.05) is 48.5 Å². The zero-order valence-electron chi connectivity index (χ0n) is 12.6. The maximum absolute atomic E-state index is 12.5. The van der Waals surface area contributed by atoms with E-state index in [2.05, 4.69) is 0 Å². The van der Waals surface area contributed by atoms with Crippen LogP contribution < -0.4 is 0 Å². The van der Waals surface area contributed by atoms with Crippen LogP contribution in [0.4, 0.5) is 0 Å². The zero-order valence-corrected chi connectivity index (χ0v) is 12.6. The fourth-order valence-electron chi connectivity index (χ4n) is 3.25. The highest BCUT2D eigenvalue weighted by atomic mass is 16.6. The fourth-order valence-corrected chi connectivity index (χ4v) is 3.25. The van der Waals surface area contributed by atoms with Crippen molar-refractivity contribution >= 4 is 5.97 Å². The fraction of sp³-hybridized carbons (Fsp3) is 0.0500. The number of phenols is 2. The summed E-state index contributed by atoms with van der Waals surface area (Å²) in [6.45, 7) is 0. The van der Waals surface area contributed by atoms with E-state index in [-0.39, 0.29) is 11.5 Å². The third-order valence-corrected chi connectivity index (χ3v) is 4.33. The molecule has 118 valence electrons. The summed E-state index contributed by atoms with van der Waals surface area (Å²) < 4.78 is 5.83. The summed E-state index contributed by atoms with van der Waals surface area (Å²) in [4.78, 5) is 12.5. The molecule has 0 unspecified atom stereocenters. The van der Waals surface area contributed by atoms with Gasteiger partial charge in [0.15, 0.2) is 5.60 Å². The lowest BCUT2D eigenvalue weighted by atomic mass is 9.79. The lowest BCUT2D eigenvalue weighted by molar-refractivity contribution is 0.0245. The Balaban J connectivity index is 2.08. The Labute approximate surface area is 138 Å². The summed E-state index contributed by atoms with van der Waals surface area (Å²) in [7, 11) is 0. The number of benzene rings is 3. The summed E-state index contributed by atoms with van der Waals surface area (Å²) in [5.41, 5.74) is 1.03. The number of esters is 1. The third kappa shape index (κ3) is 1.90. The predicted octanol–water partition coefficient (Wildman–Crippen LogP) is 3.56. The van der Waals surface area contributed by atoms with Crippen LogP contribution in [0.2, 0.25) is 0 Å². The molecule has 0 aromatic heterocycles. The van der Waals surface area contributed by atoms with Gasteiger partial charge >= 0.3 is 5.97 Å². The number of cyclic esters (lactones) is 1. The van der Waals surface area contributed by atoms with Gasteiger partial charge in [0.1, 0.15) is 11.5 Å². The second kappa shape index (κ2) is 5.13. The van der Waals surface area contributed by atoms with Crippen molar-refractivity contribution in [1.82, 2.24) is 0 Å². The molecule has 1 heterocycles. The molecular weight excluding hydrogens is 304 g/mol. The molecule has 1 aliphatic heterocycles. The SMILES string of the molecule is O=C1O[C@@](c2ccc(O)cc2)(c2ccccc2O)c2ccccc21. The molecule has 0 saturated heterocycles. The van der Waals surface area contributed by atoms with Gasteiger partial charge < -0.3 is 14.9 Å². The number of ether oxygens (including phenoxy) is 1. The summed E-state index contributed by atoms with van der Waals surface area (Å²) in [6.07, 6.45) is 0. The molecule has 0 bridgehead atoms. The van der Waals surface area contributed by atoms with Gasteiger partial charge in [-0.05, 0) is 24.3 Å². The van der Waals surface area contributed by atoms with Gasteiger partial charge in [0, 0.05) is 16.7 Å². The zero-order chi connectivity index (χ0) is 16.7. The molecular formula is C20H14O4. The first kappa shape index (κ1) is 14.3. The molecule has 0 radical (unpaired) electrons. The van der Waals surface area contributed by atoms with Crippen molar-refractivity contribution < 1.29 is 19.7 Å². The van der Waals surface area contributed by atoms with Crippen molar-refractivity contribution in [2.45, 2.75) is 5.60 Å². The first-order valence-electron chi connectivity index (χ1n) is 7.54. The Hall–Kier alpha value is -3.27. The van der Waals surface area contributed by atoms with Crippen LogP contribution in [0.3, 0.4) is 0 Å². The van der Waals surface area contributed by atoms with Crippen molar-refractivity contribution in [3.05, 3.63) is 95.1 Å². The number of hydrogen-bond acceptors (Lipinski definition) is 4. The Morgan fingerprint density at radius 2 is 1.38 bits per heavy atom. The lowest BCUT2D eigenvalue weighted by Gasteiger charge is -2.30. The smallest absolute Gasteiger partial charge is 0.340 e. The van der Waals surface area contributed by atoms with Crippen molar-refractivity contribution in [2.75, 3.05) is 0 Å². The number of aromatic hydroxyl groups is 2. The van der Waals surface area contributed by atoms with Gasteiger partial charge in [0.25, 0.3) is 0 Å². The number of fused-ring (bicyclic) bond motifs is 1. The number of carbonyl (C=O) groups excluding carboxylic acids is 1. The van der Waals surface area contributed by atoms with Crippen molar-refractivity contribution in [1.29, 1.82) is 0 Å². The van der Waals surface area contributed by atoms with Crippen LogP contribution in [0.15, 0.2) is 72.8 Å². The van der Waals surface area contributed by atoms with Gasteiger partial charge in [-0.2, -0.15) is 0 Å². The molecule has 0 fully saturated rings. The molecule has 24 heavy (non-hydrogen) atoms. The van der Waals surface area contributed by atoms with Crippen LogP contribution in [0.1, 0.15) is 27.0 Å². The number of phenolic OH excluding ortho intramolecular Hbond substituents is 2. The maximum Gasteiger partial charge on any atom is 0.340 e. The average molecular weight is 318 g/mol. The second-order valence-electron chi connectivity index (χ2n) is 5.68. The van der Waals surface area contributed by atoms with Crippen molar-refractivity contribution in [3.63, 3.8) is 0 Å². The highest BCUT2D eigenvalue weighted by Gasteiger charge is 2.49. The van der Waals surface area contributed by atoms with E-state index in [4.69, 9.17) is 4.74 Å². The number of carbonyl (C=O) groups is 1. The Morgan fingerprint density at radius 3 is 2.08 bits per heavy atom. The molecule has 1 atom stereocenters. The quantitative estimate of drug-likeness (QED) is 0.709. The van der Waals surface area contributed by atoms with Crippen LogP contribution in [-0.4, -0.2) is 16.2 Å². The van der Waals surface area contributed by atoms with E-state index in [0.29, 0.717) is 22.3 Å². The van der Waals surface area contributed by atoms with Crippen LogP contribution in [0.5, 0.6) is 11.5 Å². The molecule has 0 aliphatic carbocycles. The highest BCUT2D eigenvalue weighted by Crippen LogP contribution is 2.49. The molecule has 3 aromatic rings. The average Bonchev–Trinajstić information content (AvgIpc) is 2.90. The van der Waals surface area contributed by atoms with Crippen LogP contribution in [0, 0.1) is 0 Å². The molecule has 3 aromatic carbocycles. The normalized spacial score (nSPS) is 18.9. The number of rotatable bonds is 2. The van der Waals surface area contributed by atoms with E-state index in [1.54, 1.807) is 48.5 Å². The molecule has 2 N–H and O–H groups in total. The second-order valence-corrected chi connectivity index (χ2v) is 5.68. The monoisotopic (exact) mass is 318 g/mol. The van der Waals surface area contributed by atoms with Gasteiger partial charge in [-0.15, -0.1) is 0 Å². The minimum Gasteiger partial charge on any atom is -0.508 e. The van der Waals surface area contributed by atoms with Crippen molar-refractivity contribution in [3.8, 4) is 11.5 Å². The highest BCUT2D eigenvalue weighted by molar-refractivity contribution is 5.96. The molecule has 0 saturated carbocycles. The maximum atomic E-state index is 12.5. The first-order chi connectivity index (χ1) is 11.6. The van der Waals surface area contributed by atoms with E-state index < -0.39 is 11.6 Å². The number of para-hydroxylation sites is 1. The lowest BCUT2D eigenvalue weighted by Crippen LogP contribution is -2.29. The molecule has 4 heteroatoms. The van der Waals surface area contributed by atoms with Gasteiger partial charge in [-0.25, -0.2) is 4.79 Å². The third-order valence-electron chi connectivity index (χ3n) is 4.33. The number of hydrogen-bond donors (Lipinski definition) is 2. The largest absolute Gasteiger partial charge is 0.508 e. The Morgan fingerprint density at radius 1 is 0.750 bits per heavy atom. The van der Waals surface area contributed by atoms with Gasteiger partial charge in [0.2, 0.25) is 0 Å². The Bertz CT molecular complexity index is 930. The Kier molecular flexibility index (Phi) is 3.06. The molecule has 4 rings (SSSR count). The summed E-state index contributed by atoms with van der Waals surface area (Å²) in [5.74, 6) is -0.291. The van der Waals surface area contributed by atoms with Crippen LogP contribution in [-0.2, 0) is 10.3 Å². The summed E-state index contributed by atoms with van der Waals surface area (Å²) >= 11 is 0. The molecule has 4 nitrogen and oxygen atoms in total. The minimum absolute atomic E-state index is 0.0371. The van der Waals surface area contributed by atoms with E-state index in [1.165, 1.54) is 12.1 Å². The summed E-state index contributed by atoms with van der Waals surface area (Å²) in [6, 6.07) is 20.4. The van der Waals surface area contributed by atoms with Crippen molar-refractivity contribution in [2.24, 2.45) is 0 Å². The van der Waals surface area contributed by atoms with E-state index >= 15 is 0 Å². The predicted molar refractivity (Wildman–Crippen MR) is 88.0 cm³/mol. The van der Waals surface area contributed by atoms with E-state index in [1.807, 2.05) is 12.1 Å². The molecule has 1 aliphatic rings. The van der Waals surface area contributed by atoms with Crippen LogP contribution >= 0.6 is 0 Å². The molecule has 0 spiro atoms. The van der Waals surface area contributed by atoms with Gasteiger partial charge in [0.05, 0.1) is 5.56 Å². The minimum atomic E-state index is -1.24. The van der Waals surface area contributed by atoms with E-state index in [0.717, 1.165) is 0 Å². The van der Waals surface area contributed by atoms with E-state index in [9.17, 15) is 15.0 Å².